The van der Waals surface area contributed by atoms with Gasteiger partial charge in [-0.2, -0.15) is 0 Å². The molecule has 0 aromatic heterocycles. The standard InChI is InChI=1S/C9H8ClNO3/c10-9(12)11-6-1-2-7-8(5-6)14-4-3-13-7/h1-2,5H,3-4H2,(H,11,12). The summed E-state index contributed by atoms with van der Waals surface area (Å²) in [6.45, 7) is 1.07. The van der Waals surface area contributed by atoms with Crippen LogP contribution in [0.3, 0.4) is 0 Å². The van der Waals surface area contributed by atoms with Gasteiger partial charge in [0.15, 0.2) is 11.5 Å². The summed E-state index contributed by atoms with van der Waals surface area (Å²) in [6.07, 6.45) is 0. The van der Waals surface area contributed by atoms with Gasteiger partial charge in [0.1, 0.15) is 13.2 Å². The van der Waals surface area contributed by atoms with Gasteiger partial charge in [-0.25, -0.2) is 0 Å². The number of benzene rings is 1. The van der Waals surface area contributed by atoms with Crippen LogP contribution < -0.4 is 14.8 Å². The van der Waals surface area contributed by atoms with Crippen LogP contribution >= 0.6 is 11.6 Å². The molecule has 0 spiro atoms. The Balaban J connectivity index is 2.24. The highest BCUT2D eigenvalue weighted by Crippen LogP contribution is 2.32. The minimum Gasteiger partial charge on any atom is -0.486 e. The number of carbonyl (C=O) groups is 1. The number of hydrogen-bond donors (Lipinski definition) is 1. The van der Waals surface area contributed by atoms with Crippen LogP contribution in [0.25, 0.3) is 0 Å². The van der Waals surface area contributed by atoms with Crippen molar-refractivity contribution in [2.45, 2.75) is 0 Å². The molecule has 0 saturated carbocycles. The Bertz CT molecular complexity index is 367. The lowest BCUT2D eigenvalue weighted by molar-refractivity contribution is 0.171. The molecule has 1 aliphatic heterocycles. The third kappa shape index (κ3) is 1.90. The minimum absolute atomic E-state index is 0.519. The van der Waals surface area contributed by atoms with Gasteiger partial charge in [0, 0.05) is 11.8 Å². The first-order valence-corrected chi connectivity index (χ1v) is 4.49. The van der Waals surface area contributed by atoms with Crippen molar-refractivity contribution in [3.63, 3.8) is 0 Å². The quantitative estimate of drug-likeness (QED) is 0.575. The fourth-order valence-corrected chi connectivity index (χ4v) is 1.34. The van der Waals surface area contributed by atoms with Gasteiger partial charge in [0.25, 0.3) is 0 Å². The van der Waals surface area contributed by atoms with Crippen molar-refractivity contribution in [2.24, 2.45) is 0 Å². The molecule has 0 bridgehead atoms. The zero-order chi connectivity index (χ0) is 9.97. The Hall–Kier alpha value is -1.42. The number of halogens is 1. The number of fused-ring (bicyclic) bond motifs is 1. The van der Waals surface area contributed by atoms with E-state index in [1.807, 2.05) is 0 Å². The summed E-state index contributed by atoms with van der Waals surface area (Å²) < 4.78 is 10.6. The number of anilines is 1. The van der Waals surface area contributed by atoms with E-state index in [2.05, 4.69) is 5.32 Å². The van der Waals surface area contributed by atoms with Gasteiger partial charge < -0.3 is 14.8 Å². The first-order valence-electron chi connectivity index (χ1n) is 4.12. The fraction of sp³-hybridized carbons (Fsp3) is 0.222. The Morgan fingerprint density at radius 1 is 1.29 bits per heavy atom. The molecule has 74 valence electrons. The Morgan fingerprint density at radius 3 is 2.71 bits per heavy atom. The molecular weight excluding hydrogens is 206 g/mol. The first kappa shape index (κ1) is 9.15. The second kappa shape index (κ2) is 3.75. The van der Waals surface area contributed by atoms with E-state index in [0.29, 0.717) is 30.4 Å². The number of hydrogen-bond acceptors (Lipinski definition) is 3. The van der Waals surface area contributed by atoms with E-state index in [4.69, 9.17) is 21.1 Å². The lowest BCUT2D eigenvalue weighted by Crippen LogP contribution is -2.15. The van der Waals surface area contributed by atoms with E-state index in [1.165, 1.54) is 0 Å². The maximum absolute atomic E-state index is 10.6. The van der Waals surface area contributed by atoms with Crippen LogP contribution in [0.5, 0.6) is 11.5 Å². The van der Waals surface area contributed by atoms with Crippen LogP contribution in [0.1, 0.15) is 0 Å². The SMILES string of the molecule is O=C(Cl)Nc1ccc2c(c1)OCCO2. The molecule has 2 rings (SSSR count). The molecule has 0 aliphatic carbocycles. The lowest BCUT2D eigenvalue weighted by atomic mass is 10.2. The summed E-state index contributed by atoms with van der Waals surface area (Å²) in [5.41, 5.74) is 0.592. The van der Waals surface area contributed by atoms with Crippen LogP contribution in [0.15, 0.2) is 18.2 Å². The van der Waals surface area contributed by atoms with Crippen molar-refractivity contribution in [1.29, 1.82) is 0 Å². The highest BCUT2D eigenvalue weighted by molar-refractivity contribution is 6.65. The minimum atomic E-state index is -0.623. The van der Waals surface area contributed by atoms with E-state index >= 15 is 0 Å². The van der Waals surface area contributed by atoms with Gasteiger partial charge in [-0.05, 0) is 23.7 Å². The second-order valence-electron chi connectivity index (χ2n) is 2.76. The van der Waals surface area contributed by atoms with Gasteiger partial charge >= 0.3 is 5.37 Å². The molecule has 1 aromatic carbocycles. The van der Waals surface area contributed by atoms with Gasteiger partial charge in [0.05, 0.1) is 0 Å². The van der Waals surface area contributed by atoms with Crippen molar-refractivity contribution < 1.29 is 14.3 Å². The summed E-state index contributed by atoms with van der Waals surface area (Å²) >= 11 is 5.17. The molecule has 1 N–H and O–H groups in total. The van der Waals surface area contributed by atoms with Crippen LogP contribution in [-0.2, 0) is 0 Å². The van der Waals surface area contributed by atoms with Crippen LogP contribution in [-0.4, -0.2) is 18.6 Å². The normalized spacial score (nSPS) is 13.5. The van der Waals surface area contributed by atoms with Crippen LogP contribution in [0, 0.1) is 0 Å². The fourth-order valence-electron chi connectivity index (χ4n) is 1.23. The topological polar surface area (TPSA) is 47.6 Å². The third-order valence-electron chi connectivity index (χ3n) is 1.78. The lowest BCUT2D eigenvalue weighted by Gasteiger charge is -2.18. The van der Waals surface area contributed by atoms with Gasteiger partial charge in [-0.1, -0.05) is 0 Å². The van der Waals surface area contributed by atoms with E-state index in [1.54, 1.807) is 18.2 Å². The van der Waals surface area contributed by atoms with Crippen molar-refractivity contribution in [1.82, 2.24) is 0 Å². The molecule has 1 aromatic rings. The molecule has 0 fully saturated rings. The molecule has 0 saturated heterocycles. The molecule has 1 amide bonds. The average molecular weight is 214 g/mol. The average Bonchev–Trinajstić information content (AvgIpc) is 2.17. The largest absolute Gasteiger partial charge is 0.486 e. The zero-order valence-corrected chi connectivity index (χ0v) is 8.00. The van der Waals surface area contributed by atoms with Crippen molar-refractivity contribution in [3.05, 3.63) is 18.2 Å². The maximum Gasteiger partial charge on any atom is 0.318 e. The van der Waals surface area contributed by atoms with Crippen molar-refractivity contribution in [3.8, 4) is 11.5 Å². The molecule has 0 atom stereocenters. The monoisotopic (exact) mass is 213 g/mol. The Labute approximate surface area is 85.8 Å². The maximum atomic E-state index is 10.6. The third-order valence-corrected chi connectivity index (χ3v) is 1.88. The highest BCUT2D eigenvalue weighted by Gasteiger charge is 2.11. The molecule has 4 nitrogen and oxygen atoms in total. The first-order chi connectivity index (χ1) is 6.75. The van der Waals surface area contributed by atoms with E-state index in [9.17, 15) is 4.79 Å². The van der Waals surface area contributed by atoms with Crippen LogP contribution in [0.2, 0.25) is 0 Å². The summed E-state index contributed by atoms with van der Waals surface area (Å²) in [4.78, 5) is 10.6. The predicted molar refractivity (Wildman–Crippen MR) is 52.3 cm³/mol. The van der Waals surface area contributed by atoms with Crippen molar-refractivity contribution >= 4 is 22.7 Å². The van der Waals surface area contributed by atoms with E-state index in [-0.39, 0.29) is 0 Å². The Kier molecular flexibility index (Phi) is 2.45. The highest BCUT2D eigenvalue weighted by atomic mass is 35.5. The molecule has 1 aliphatic rings. The summed E-state index contributed by atoms with van der Waals surface area (Å²) in [6, 6.07) is 5.11. The molecule has 0 radical (unpaired) electrons. The molecule has 14 heavy (non-hydrogen) atoms. The molecule has 5 heteroatoms. The Morgan fingerprint density at radius 2 is 2.00 bits per heavy atom. The molecular formula is C9H8ClNO3. The zero-order valence-electron chi connectivity index (χ0n) is 7.25. The number of ether oxygens (including phenoxy) is 2. The number of nitrogens with one attached hydrogen (secondary N) is 1. The second-order valence-corrected chi connectivity index (χ2v) is 3.10. The van der Waals surface area contributed by atoms with E-state index in [0.717, 1.165) is 0 Å². The molecule has 1 heterocycles. The number of carbonyl (C=O) groups excluding carboxylic acids is 1. The summed E-state index contributed by atoms with van der Waals surface area (Å²) in [5.74, 6) is 1.31. The smallest absolute Gasteiger partial charge is 0.318 e. The number of rotatable bonds is 1. The van der Waals surface area contributed by atoms with Crippen LogP contribution in [0.4, 0.5) is 10.5 Å². The summed E-state index contributed by atoms with van der Waals surface area (Å²) in [5, 5.41) is 1.82. The number of amides is 1. The van der Waals surface area contributed by atoms with Gasteiger partial charge in [0.2, 0.25) is 0 Å². The van der Waals surface area contributed by atoms with Gasteiger partial charge in [-0.3, -0.25) is 4.79 Å². The van der Waals surface area contributed by atoms with E-state index < -0.39 is 5.37 Å². The van der Waals surface area contributed by atoms with Gasteiger partial charge in [-0.15, -0.1) is 0 Å². The predicted octanol–water partition coefficient (Wildman–Crippen LogP) is 2.23. The van der Waals surface area contributed by atoms with Crippen molar-refractivity contribution in [2.75, 3.05) is 18.5 Å². The molecule has 0 unspecified atom stereocenters. The summed E-state index contributed by atoms with van der Waals surface area (Å²) in [7, 11) is 0.